The molecule has 0 bridgehead atoms. The maximum atomic E-state index is 5.33. The summed E-state index contributed by atoms with van der Waals surface area (Å²) in [6.07, 6.45) is 0. The summed E-state index contributed by atoms with van der Waals surface area (Å²) in [4.78, 5) is 0. The van der Waals surface area contributed by atoms with Gasteiger partial charge >= 0.3 is 8.56 Å². The van der Waals surface area contributed by atoms with Gasteiger partial charge in [-0.1, -0.05) is 31.0 Å². The van der Waals surface area contributed by atoms with Gasteiger partial charge in [0, 0.05) is 14.2 Å². The fraction of sp³-hybridized carbons (Fsp3) is 0.750. The molecular formula is C8H20O2Si2. The second kappa shape index (κ2) is 4.36. The van der Waals surface area contributed by atoms with Gasteiger partial charge in [0.2, 0.25) is 0 Å². The normalized spacial score (nSPS) is 14.2. The van der Waals surface area contributed by atoms with E-state index >= 15 is 0 Å². The van der Waals surface area contributed by atoms with E-state index in [-0.39, 0.29) is 0 Å². The number of rotatable bonds is 4. The molecule has 4 heteroatoms. The van der Waals surface area contributed by atoms with Crippen LogP contribution in [0.5, 0.6) is 0 Å². The van der Waals surface area contributed by atoms with Crippen LogP contribution in [0.1, 0.15) is 0 Å². The highest BCUT2D eigenvalue weighted by molar-refractivity contribution is 6.83. The van der Waals surface area contributed by atoms with Crippen LogP contribution in [-0.2, 0) is 8.85 Å². The van der Waals surface area contributed by atoms with Gasteiger partial charge in [0.25, 0.3) is 0 Å². The van der Waals surface area contributed by atoms with Gasteiger partial charge < -0.3 is 8.85 Å². The van der Waals surface area contributed by atoms with E-state index in [0.717, 1.165) is 0 Å². The molecule has 0 aliphatic heterocycles. The Labute approximate surface area is 77.8 Å². The van der Waals surface area contributed by atoms with Crippen LogP contribution in [0.4, 0.5) is 0 Å². The van der Waals surface area contributed by atoms with Crippen molar-refractivity contribution in [3.63, 3.8) is 0 Å². The number of hydrogen-bond acceptors (Lipinski definition) is 2. The fourth-order valence-electron chi connectivity index (χ4n) is 0.621. The summed E-state index contributed by atoms with van der Waals surface area (Å²) in [6.45, 7) is 8.93. The molecule has 0 aromatic carbocycles. The summed E-state index contributed by atoms with van der Waals surface area (Å²) in [5, 5.41) is 0. The molecule has 0 aromatic heterocycles. The largest absolute Gasteiger partial charge is 0.395 e. The van der Waals surface area contributed by atoms with Gasteiger partial charge in [-0.25, -0.2) is 0 Å². The van der Waals surface area contributed by atoms with Crippen molar-refractivity contribution in [2.24, 2.45) is 0 Å². The van der Waals surface area contributed by atoms with Crippen molar-refractivity contribution < 1.29 is 8.85 Å². The zero-order valence-corrected chi connectivity index (χ0v) is 11.0. The van der Waals surface area contributed by atoms with Crippen molar-refractivity contribution in [3.8, 4) is 0 Å². The summed E-state index contributed by atoms with van der Waals surface area (Å²) >= 11 is 0. The monoisotopic (exact) mass is 204 g/mol. The molecule has 72 valence electrons. The van der Waals surface area contributed by atoms with Crippen LogP contribution in [0.2, 0.25) is 26.2 Å². The Morgan fingerprint density at radius 3 is 1.50 bits per heavy atom. The topological polar surface area (TPSA) is 18.5 Å². The average molecular weight is 204 g/mol. The molecule has 0 aromatic rings. The molecule has 0 saturated carbocycles. The van der Waals surface area contributed by atoms with Gasteiger partial charge in [-0.05, 0) is 6.55 Å². The third kappa shape index (κ3) is 4.87. The first-order chi connectivity index (χ1) is 5.33. The highest BCUT2D eigenvalue weighted by Gasteiger charge is 2.25. The minimum Gasteiger partial charge on any atom is -0.395 e. The zero-order valence-electron chi connectivity index (χ0n) is 8.97. The summed E-state index contributed by atoms with van der Waals surface area (Å²) < 4.78 is 10.7. The molecule has 0 rings (SSSR count). The molecule has 12 heavy (non-hydrogen) atoms. The second-order valence-electron chi connectivity index (χ2n) is 4.12. The van der Waals surface area contributed by atoms with Crippen molar-refractivity contribution in [2.45, 2.75) is 26.2 Å². The predicted octanol–water partition coefficient (Wildman–Crippen LogP) is 2.32. The fourth-order valence-corrected chi connectivity index (χ4v) is 4.27. The van der Waals surface area contributed by atoms with Gasteiger partial charge in [-0.15, -0.1) is 0 Å². The van der Waals surface area contributed by atoms with Crippen molar-refractivity contribution in [1.29, 1.82) is 0 Å². The van der Waals surface area contributed by atoms with Crippen LogP contribution >= 0.6 is 0 Å². The Balaban J connectivity index is 4.30. The Morgan fingerprint density at radius 2 is 1.25 bits per heavy atom. The highest BCUT2D eigenvalue weighted by Crippen LogP contribution is 2.10. The Bertz CT molecular complexity index is 157. The van der Waals surface area contributed by atoms with Crippen LogP contribution in [-0.4, -0.2) is 30.9 Å². The molecule has 2 nitrogen and oxygen atoms in total. The smallest absolute Gasteiger partial charge is 0.360 e. The SMILES string of the molecule is CO[Si](C)(C=C[Si](C)(C)C)OC. The van der Waals surface area contributed by atoms with E-state index in [1.165, 1.54) is 0 Å². The van der Waals surface area contributed by atoms with Crippen LogP contribution in [0.25, 0.3) is 0 Å². The van der Waals surface area contributed by atoms with E-state index in [4.69, 9.17) is 8.85 Å². The molecule has 0 aliphatic carbocycles. The summed E-state index contributed by atoms with van der Waals surface area (Å²) in [5.74, 6) is 0. The minimum absolute atomic E-state index is 1.11. The van der Waals surface area contributed by atoms with Crippen LogP contribution < -0.4 is 0 Å². The third-order valence-corrected chi connectivity index (χ3v) is 5.59. The zero-order chi connectivity index (χ0) is 9.83. The van der Waals surface area contributed by atoms with E-state index in [0.29, 0.717) is 0 Å². The quantitative estimate of drug-likeness (QED) is 0.654. The molecule has 0 aliphatic rings. The lowest BCUT2D eigenvalue weighted by Gasteiger charge is -2.20. The Hall–Kier alpha value is 0.0938. The van der Waals surface area contributed by atoms with Crippen molar-refractivity contribution in [2.75, 3.05) is 14.2 Å². The maximum Gasteiger partial charge on any atom is 0.360 e. The van der Waals surface area contributed by atoms with E-state index in [9.17, 15) is 0 Å². The molecule has 0 heterocycles. The Morgan fingerprint density at radius 1 is 0.833 bits per heavy atom. The molecule has 0 unspecified atom stereocenters. The first-order valence-corrected chi connectivity index (χ1v) is 10.1. The van der Waals surface area contributed by atoms with E-state index in [1.54, 1.807) is 14.2 Å². The van der Waals surface area contributed by atoms with Crippen LogP contribution in [0.15, 0.2) is 11.4 Å². The first-order valence-electron chi connectivity index (χ1n) is 4.14. The third-order valence-electron chi connectivity index (χ3n) is 1.70. The van der Waals surface area contributed by atoms with Crippen LogP contribution in [0.3, 0.4) is 0 Å². The lowest BCUT2D eigenvalue weighted by atomic mass is 11.2. The lowest BCUT2D eigenvalue weighted by molar-refractivity contribution is 0.264. The van der Waals surface area contributed by atoms with Crippen LogP contribution in [0, 0.1) is 0 Å². The van der Waals surface area contributed by atoms with Gasteiger partial charge in [0.05, 0.1) is 8.07 Å². The van der Waals surface area contributed by atoms with Crippen molar-refractivity contribution in [1.82, 2.24) is 0 Å². The maximum absolute atomic E-state index is 5.33. The Kier molecular flexibility index (Phi) is 4.40. The minimum atomic E-state index is -1.95. The summed E-state index contributed by atoms with van der Waals surface area (Å²) in [5.41, 5.74) is 4.42. The average Bonchev–Trinajstić information content (AvgIpc) is 1.99. The highest BCUT2D eigenvalue weighted by atomic mass is 28.4. The standard InChI is InChI=1S/C8H20O2Si2/c1-9-12(6,10-2)8-7-11(3,4)5/h7-8H,1-6H3. The van der Waals surface area contributed by atoms with Crippen molar-refractivity contribution >= 4 is 16.6 Å². The molecule has 0 radical (unpaired) electrons. The van der Waals surface area contributed by atoms with Gasteiger partial charge in [-0.2, -0.15) is 0 Å². The molecule has 0 N–H and O–H groups in total. The molecule has 0 atom stereocenters. The molecule has 0 fully saturated rings. The van der Waals surface area contributed by atoms with E-state index in [1.807, 2.05) is 6.55 Å². The van der Waals surface area contributed by atoms with Gasteiger partial charge in [-0.3, -0.25) is 0 Å². The molecular weight excluding hydrogens is 184 g/mol. The lowest BCUT2D eigenvalue weighted by Crippen LogP contribution is -2.35. The summed E-state index contributed by atoms with van der Waals surface area (Å²) in [6, 6.07) is 0. The molecule has 0 amide bonds. The number of hydrogen-bond donors (Lipinski definition) is 0. The van der Waals surface area contributed by atoms with Gasteiger partial charge in [0.1, 0.15) is 0 Å². The first kappa shape index (κ1) is 12.1. The molecule has 0 saturated heterocycles. The molecule has 0 spiro atoms. The van der Waals surface area contributed by atoms with Crippen molar-refractivity contribution in [3.05, 3.63) is 11.4 Å². The van der Waals surface area contributed by atoms with E-state index in [2.05, 4.69) is 31.0 Å². The predicted molar refractivity (Wildman–Crippen MR) is 58.1 cm³/mol. The summed E-state index contributed by atoms with van der Waals surface area (Å²) in [7, 11) is 0.367. The second-order valence-corrected chi connectivity index (χ2v) is 12.4. The van der Waals surface area contributed by atoms with E-state index < -0.39 is 16.6 Å². The van der Waals surface area contributed by atoms with Gasteiger partial charge in [0.15, 0.2) is 0 Å².